The highest BCUT2D eigenvalue weighted by molar-refractivity contribution is 6.30. The molecule has 1 fully saturated rings. The number of aromatic nitrogens is 2. The summed E-state index contributed by atoms with van der Waals surface area (Å²) < 4.78 is 1.26. The van der Waals surface area contributed by atoms with E-state index in [9.17, 15) is 9.59 Å². The lowest BCUT2D eigenvalue weighted by Crippen LogP contribution is -2.60. The smallest absolute Gasteiger partial charge is 0.300 e. The van der Waals surface area contributed by atoms with E-state index >= 15 is 0 Å². The van der Waals surface area contributed by atoms with Gasteiger partial charge in [-0.15, -0.1) is 0 Å². The maximum absolute atomic E-state index is 12.6. The molecule has 1 aliphatic rings. The summed E-state index contributed by atoms with van der Waals surface area (Å²) in [5.41, 5.74) is -0.222. The second-order valence-electron chi connectivity index (χ2n) is 5.60. The highest BCUT2D eigenvalue weighted by atomic mass is 35.5. The molecule has 1 aliphatic heterocycles. The molecule has 5 nitrogen and oxygen atoms in total. The van der Waals surface area contributed by atoms with Crippen molar-refractivity contribution in [3.05, 3.63) is 31.6 Å². The van der Waals surface area contributed by atoms with E-state index in [0.29, 0.717) is 12.0 Å². The molecule has 2 heterocycles. The minimum atomic E-state index is -0.444. The highest BCUT2D eigenvalue weighted by Gasteiger charge is 2.28. The monoisotopic (exact) mass is 299 g/mol. The van der Waals surface area contributed by atoms with E-state index in [1.807, 2.05) is 11.9 Å². The van der Waals surface area contributed by atoms with E-state index in [1.165, 1.54) is 4.68 Å². The molecular formula is C14H22ClN3O2. The summed E-state index contributed by atoms with van der Waals surface area (Å²) in [7, 11) is 0. The first kappa shape index (κ1) is 15.2. The van der Waals surface area contributed by atoms with Crippen molar-refractivity contribution < 1.29 is 0 Å². The average Bonchev–Trinajstić information content (AvgIpc) is 2.37. The van der Waals surface area contributed by atoms with Gasteiger partial charge in [-0.05, 0) is 39.5 Å². The number of hydrogen-bond donors (Lipinski definition) is 1. The number of aromatic amines is 1. The molecule has 0 spiro atoms. The Morgan fingerprint density at radius 1 is 1.25 bits per heavy atom. The van der Waals surface area contributed by atoms with Crippen LogP contribution in [-0.4, -0.2) is 21.7 Å². The Bertz CT molecular complexity index is 583. The molecule has 0 aliphatic carbocycles. The van der Waals surface area contributed by atoms with E-state index in [2.05, 4.69) is 18.8 Å². The summed E-state index contributed by atoms with van der Waals surface area (Å²) in [4.78, 5) is 27.4. The van der Waals surface area contributed by atoms with Gasteiger partial charge in [-0.3, -0.25) is 9.78 Å². The molecule has 2 atom stereocenters. The fraction of sp³-hybridized carbons (Fsp3) is 0.714. The van der Waals surface area contributed by atoms with Crippen molar-refractivity contribution in [2.45, 2.75) is 65.0 Å². The molecular weight excluding hydrogens is 278 g/mol. The summed E-state index contributed by atoms with van der Waals surface area (Å²) >= 11 is 6.01. The van der Waals surface area contributed by atoms with E-state index in [0.717, 1.165) is 25.7 Å². The first-order chi connectivity index (χ1) is 9.47. The molecule has 0 bridgehead atoms. The van der Waals surface area contributed by atoms with Crippen LogP contribution < -0.4 is 16.3 Å². The van der Waals surface area contributed by atoms with E-state index in [1.54, 1.807) is 0 Å². The van der Waals surface area contributed by atoms with Crippen molar-refractivity contribution in [1.29, 1.82) is 0 Å². The van der Waals surface area contributed by atoms with Crippen LogP contribution in [0.3, 0.4) is 0 Å². The largest absolute Gasteiger partial charge is 0.348 e. The standard InChI is InChI=1S/C14H22ClN3O2/c1-4-6-11-12(15)16-14(20)18(13(11)19)17-9(2)7-5-8-10(17)3/h9-10H,4-8H2,1-3H3,(H,16,20). The van der Waals surface area contributed by atoms with E-state index < -0.39 is 5.69 Å². The van der Waals surface area contributed by atoms with Crippen molar-refractivity contribution in [2.75, 3.05) is 5.01 Å². The van der Waals surface area contributed by atoms with E-state index in [4.69, 9.17) is 11.6 Å². The summed E-state index contributed by atoms with van der Waals surface area (Å²) in [6.45, 7) is 6.09. The van der Waals surface area contributed by atoms with Crippen LogP contribution in [0.15, 0.2) is 9.59 Å². The van der Waals surface area contributed by atoms with Gasteiger partial charge in [0.2, 0.25) is 0 Å². The van der Waals surface area contributed by atoms with Crippen molar-refractivity contribution >= 4 is 11.6 Å². The zero-order valence-electron chi connectivity index (χ0n) is 12.3. The Balaban J connectivity index is 2.58. The molecule has 2 rings (SSSR count). The summed E-state index contributed by atoms with van der Waals surface area (Å²) in [6.07, 6.45) is 4.49. The van der Waals surface area contributed by atoms with Gasteiger partial charge in [0.15, 0.2) is 0 Å². The third kappa shape index (κ3) is 2.64. The lowest BCUT2D eigenvalue weighted by molar-refractivity contribution is 0.322. The molecule has 20 heavy (non-hydrogen) atoms. The topological polar surface area (TPSA) is 58.1 Å². The molecule has 0 aromatic carbocycles. The van der Waals surface area contributed by atoms with Crippen molar-refractivity contribution in [1.82, 2.24) is 9.66 Å². The molecule has 0 radical (unpaired) electrons. The molecule has 0 amide bonds. The summed E-state index contributed by atoms with van der Waals surface area (Å²) in [5.74, 6) is 0. The third-order valence-corrected chi connectivity index (χ3v) is 4.33. The number of H-pyrrole nitrogens is 1. The van der Waals surface area contributed by atoms with Gasteiger partial charge >= 0.3 is 5.69 Å². The van der Waals surface area contributed by atoms with Gasteiger partial charge in [-0.2, -0.15) is 4.68 Å². The lowest BCUT2D eigenvalue weighted by atomic mass is 10.00. The molecule has 1 saturated heterocycles. The minimum Gasteiger partial charge on any atom is -0.300 e. The van der Waals surface area contributed by atoms with Crippen LogP contribution in [0.25, 0.3) is 0 Å². The van der Waals surface area contributed by atoms with Gasteiger partial charge in [0.25, 0.3) is 5.56 Å². The molecule has 112 valence electrons. The molecule has 1 aromatic rings. The third-order valence-electron chi connectivity index (χ3n) is 4.00. The number of nitrogens with zero attached hydrogens (tertiary/aromatic N) is 2. The zero-order chi connectivity index (χ0) is 14.9. The number of hydrogen-bond acceptors (Lipinski definition) is 3. The molecule has 0 saturated carbocycles. The van der Waals surface area contributed by atoms with Crippen LogP contribution in [0.4, 0.5) is 0 Å². The highest BCUT2D eigenvalue weighted by Crippen LogP contribution is 2.20. The van der Waals surface area contributed by atoms with E-state index in [-0.39, 0.29) is 22.8 Å². The SMILES string of the molecule is CCCc1c(Cl)[nH]c(=O)n(N2C(C)CCCC2C)c1=O. The Hall–Kier alpha value is -1.23. The van der Waals surface area contributed by atoms with Crippen molar-refractivity contribution in [3.8, 4) is 0 Å². The van der Waals surface area contributed by atoms with Crippen molar-refractivity contribution in [2.24, 2.45) is 0 Å². The maximum Gasteiger partial charge on any atom is 0.348 e. The average molecular weight is 300 g/mol. The zero-order valence-corrected chi connectivity index (χ0v) is 13.0. The second kappa shape index (κ2) is 6.04. The molecule has 6 heteroatoms. The molecule has 2 unspecified atom stereocenters. The van der Waals surface area contributed by atoms with Gasteiger partial charge in [-0.1, -0.05) is 24.9 Å². The predicted molar refractivity (Wildman–Crippen MR) is 81.3 cm³/mol. The second-order valence-corrected chi connectivity index (χ2v) is 5.98. The Morgan fingerprint density at radius 2 is 1.85 bits per heavy atom. The van der Waals surface area contributed by atoms with Crippen LogP contribution >= 0.6 is 11.6 Å². The Morgan fingerprint density at radius 3 is 2.40 bits per heavy atom. The van der Waals surface area contributed by atoms with Crippen LogP contribution in [0, 0.1) is 0 Å². The quantitative estimate of drug-likeness (QED) is 0.869. The maximum atomic E-state index is 12.6. The number of piperidine rings is 1. The Kier molecular flexibility index (Phi) is 4.58. The lowest BCUT2D eigenvalue weighted by Gasteiger charge is -2.40. The number of rotatable bonds is 3. The van der Waals surface area contributed by atoms with Gasteiger partial charge < -0.3 is 5.01 Å². The number of nitrogens with one attached hydrogen (secondary N) is 1. The van der Waals surface area contributed by atoms with Crippen LogP contribution in [0.1, 0.15) is 52.0 Å². The summed E-state index contributed by atoms with van der Waals surface area (Å²) in [5, 5.41) is 2.08. The van der Waals surface area contributed by atoms with Crippen LogP contribution in [-0.2, 0) is 6.42 Å². The van der Waals surface area contributed by atoms with Gasteiger partial charge in [0.05, 0.1) is 5.56 Å². The molecule has 1 aromatic heterocycles. The fourth-order valence-electron chi connectivity index (χ4n) is 3.01. The van der Waals surface area contributed by atoms with Crippen LogP contribution in [0.2, 0.25) is 5.15 Å². The normalized spacial score (nSPS) is 23.1. The first-order valence-corrected chi connectivity index (χ1v) is 7.67. The van der Waals surface area contributed by atoms with Crippen LogP contribution in [0.5, 0.6) is 0 Å². The van der Waals surface area contributed by atoms with Crippen molar-refractivity contribution in [3.63, 3.8) is 0 Å². The fourth-order valence-corrected chi connectivity index (χ4v) is 3.27. The first-order valence-electron chi connectivity index (χ1n) is 7.29. The number of halogens is 1. The molecule has 1 N–H and O–H groups in total. The predicted octanol–water partition coefficient (Wildman–Crippen LogP) is 2.04. The Labute approximate surface area is 123 Å². The summed E-state index contributed by atoms with van der Waals surface area (Å²) in [6, 6.07) is 0.349. The van der Waals surface area contributed by atoms with Gasteiger partial charge in [0, 0.05) is 12.1 Å². The van der Waals surface area contributed by atoms with Gasteiger partial charge in [-0.25, -0.2) is 4.79 Å². The van der Waals surface area contributed by atoms with Gasteiger partial charge in [0.1, 0.15) is 5.15 Å². The minimum absolute atomic E-state index is 0.174.